The number of rotatable bonds is 7. The van der Waals surface area contributed by atoms with E-state index >= 15 is 0 Å². The molecule has 0 aliphatic carbocycles. The third-order valence-electron chi connectivity index (χ3n) is 5.15. The number of nitrogens with one attached hydrogen (secondary N) is 1. The van der Waals surface area contributed by atoms with Crippen molar-refractivity contribution in [1.82, 2.24) is 5.32 Å². The minimum Gasteiger partial charge on any atom is -0.497 e. The first kappa shape index (κ1) is 19.0. The zero-order valence-corrected chi connectivity index (χ0v) is 15.9. The van der Waals surface area contributed by atoms with Crippen molar-refractivity contribution >= 4 is 17.5 Å². The number of carbonyl (C=O) groups is 2. The van der Waals surface area contributed by atoms with E-state index in [2.05, 4.69) is 24.4 Å². The molecule has 1 aliphatic heterocycles. The molecule has 142 valence electrons. The highest BCUT2D eigenvalue weighted by Crippen LogP contribution is 2.28. The van der Waals surface area contributed by atoms with Crippen LogP contribution in [0.4, 0.5) is 5.69 Å². The quantitative estimate of drug-likeness (QED) is 0.817. The van der Waals surface area contributed by atoms with Gasteiger partial charge < -0.3 is 15.0 Å². The molecule has 5 nitrogen and oxygen atoms in total. The van der Waals surface area contributed by atoms with E-state index in [-0.39, 0.29) is 30.1 Å². The summed E-state index contributed by atoms with van der Waals surface area (Å²) in [5.41, 5.74) is 1.99. The summed E-state index contributed by atoms with van der Waals surface area (Å²) in [7, 11) is 1.60. The van der Waals surface area contributed by atoms with Gasteiger partial charge in [0.05, 0.1) is 13.0 Å². The van der Waals surface area contributed by atoms with Crippen LogP contribution in [0, 0.1) is 5.92 Å². The van der Waals surface area contributed by atoms with E-state index in [0.29, 0.717) is 18.8 Å². The maximum Gasteiger partial charge on any atom is 0.227 e. The van der Waals surface area contributed by atoms with Crippen LogP contribution in [0.2, 0.25) is 0 Å². The molecule has 1 aliphatic rings. The third-order valence-corrected chi connectivity index (χ3v) is 5.15. The van der Waals surface area contributed by atoms with Crippen molar-refractivity contribution < 1.29 is 14.3 Å². The van der Waals surface area contributed by atoms with Gasteiger partial charge in [0.15, 0.2) is 0 Å². The van der Waals surface area contributed by atoms with Gasteiger partial charge in [-0.25, -0.2) is 0 Å². The van der Waals surface area contributed by atoms with Gasteiger partial charge >= 0.3 is 0 Å². The Bertz CT molecular complexity index is 791. The predicted octanol–water partition coefficient (Wildman–Crippen LogP) is 3.36. The Morgan fingerprint density at radius 1 is 1.22 bits per heavy atom. The number of methoxy groups -OCH3 is 1. The number of benzene rings is 2. The summed E-state index contributed by atoms with van der Waals surface area (Å²) in [4.78, 5) is 26.7. The maximum atomic E-state index is 12.6. The van der Waals surface area contributed by atoms with E-state index in [0.717, 1.165) is 12.1 Å². The van der Waals surface area contributed by atoms with E-state index < -0.39 is 0 Å². The van der Waals surface area contributed by atoms with Gasteiger partial charge in [0.25, 0.3) is 0 Å². The molecule has 2 aromatic rings. The van der Waals surface area contributed by atoms with E-state index in [1.54, 1.807) is 12.0 Å². The fourth-order valence-corrected chi connectivity index (χ4v) is 3.50. The summed E-state index contributed by atoms with van der Waals surface area (Å²) < 4.78 is 5.23. The Morgan fingerprint density at radius 2 is 2.00 bits per heavy atom. The van der Waals surface area contributed by atoms with Crippen molar-refractivity contribution in [3.05, 3.63) is 60.2 Å². The lowest BCUT2D eigenvalue weighted by atomic mass is 9.96. The van der Waals surface area contributed by atoms with Crippen molar-refractivity contribution in [2.75, 3.05) is 25.1 Å². The van der Waals surface area contributed by atoms with Crippen LogP contribution < -0.4 is 15.0 Å². The molecule has 0 aromatic heterocycles. The van der Waals surface area contributed by atoms with Crippen molar-refractivity contribution in [3.63, 3.8) is 0 Å². The fraction of sp³-hybridized carbons (Fsp3) is 0.364. The first-order valence-corrected chi connectivity index (χ1v) is 9.39. The molecule has 2 amide bonds. The molecule has 27 heavy (non-hydrogen) atoms. The molecule has 0 radical (unpaired) electrons. The predicted molar refractivity (Wildman–Crippen MR) is 106 cm³/mol. The zero-order valence-electron chi connectivity index (χ0n) is 15.9. The molecule has 1 heterocycles. The SMILES string of the molecule is CCC(CNC(=O)C1CC(=O)N(c2cccc(OC)c2)C1)c1ccccc1. The van der Waals surface area contributed by atoms with Crippen molar-refractivity contribution in [2.24, 2.45) is 5.92 Å². The van der Waals surface area contributed by atoms with Gasteiger partial charge in [-0.15, -0.1) is 0 Å². The van der Waals surface area contributed by atoms with Crippen molar-refractivity contribution in [1.29, 1.82) is 0 Å². The van der Waals surface area contributed by atoms with E-state index in [1.807, 2.05) is 42.5 Å². The van der Waals surface area contributed by atoms with Crippen LogP contribution in [0.5, 0.6) is 5.75 Å². The second-order valence-corrected chi connectivity index (χ2v) is 6.87. The molecule has 0 spiro atoms. The van der Waals surface area contributed by atoms with Gasteiger partial charge in [-0.05, 0) is 24.1 Å². The minimum atomic E-state index is -0.322. The maximum absolute atomic E-state index is 12.6. The lowest BCUT2D eigenvalue weighted by molar-refractivity contribution is -0.126. The Morgan fingerprint density at radius 3 is 2.70 bits per heavy atom. The van der Waals surface area contributed by atoms with Gasteiger partial charge in [0, 0.05) is 37.2 Å². The fourth-order valence-electron chi connectivity index (χ4n) is 3.50. The summed E-state index contributed by atoms with van der Waals surface area (Å²) in [5.74, 6) is 0.571. The lowest BCUT2D eigenvalue weighted by Gasteiger charge is -2.19. The molecule has 2 unspecified atom stereocenters. The second-order valence-electron chi connectivity index (χ2n) is 6.87. The topological polar surface area (TPSA) is 58.6 Å². The van der Waals surface area contributed by atoms with Gasteiger partial charge in [0.1, 0.15) is 5.75 Å². The zero-order chi connectivity index (χ0) is 19.2. The van der Waals surface area contributed by atoms with Crippen LogP contribution in [-0.4, -0.2) is 32.0 Å². The summed E-state index contributed by atoms with van der Waals surface area (Å²) in [6, 6.07) is 17.6. The van der Waals surface area contributed by atoms with Crippen LogP contribution in [0.25, 0.3) is 0 Å². The van der Waals surface area contributed by atoms with E-state index in [4.69, 9.17) is 4.74 Å². The van der Waals surface area contributed by atoms with Crippen LogP contribution in [0.15, 0.2) is 54.6 Å². The number of hydrogen-bond donors (Lipinski definition) is 1. The van der Waals surface area contributed by atoms with Crippen molar-refractivity contribution in [3.8, 4) is 5.75 Å². The highest BCUT2D eigenvalue weighted by molar-refractivity contribution is 6.00. The first-order chi connectivity index (χ1) is 13.1. The summed E-state index contributed by atoms with van der Waals surface area (Å²) in [6.45, 7) is 3.11. The van der Waals surface area contributed by atoms with Gasteiger partial charge in [-0.3, -0.25) is 9.59 Å². The van der Waals surface area contributed by atoms with Crippen molar-refractivity contribution in [2.45, 2.75) is 25.7 Å². The largest absolute Gasteiger partial charge is 0.497 e. The summed E-state index contributed by atoms with van der Waals surface area (Å²) in [6.07, 6.45) is 1.19. The molecule has 1 saturated heterocycles. The Balaban J connectivity index is 1.60. The molecule has 0 bridgehead atoms. The minimum absolute atomic E-state index is 0.0292. The third kappa shape index (κ3) is 4.48. The van der Waals surface area contributed by atoms with Crippen LogP contribution >= 0.6 is 0 Å². The van der Waals surface area contributed by atoms with E-state index in [1.165, 1.54) is 5.56 Å². The molecule has 0 saturated carbocycles. The van der Waals surface area contributed by atoms with Gasteiger partial charge in [-0.2, -0.15) is 0 Å². The number of anilines is 1. The Hall–Kier alpha value is -2.82. The number of carbonyl (C=O) groups excluding carboxylic acids is 2. The second kappa shape index (κ2) is 8.71. The number of hydrogen-bond acceptors (Lipinski definition) is 3. The molecule has 2 aromatic carbocycles. The number of amides is 2. The molecule has 5 heteroatoms. The molecule has 2 atom stereocenters. The Kier molecular flexibility index (Phi) is 6.12. The van der Waals surface area contributed by atoms with E-state index in [9.17, 15) is 9.59 Å². The lowest BCUT2D eigenvalue weighted by Crippen LogP contribution is -2.35. The summed E-state index contributed by atoms with van der Waals surface area (Å²) in [5, 5.41) is 3.05. The molecule has 3 rings (SSSR count). The molecule has 1 N–H and O–H groups in total. The molecular weight excluding hydrogens is 340 g/mol. The van der Waals surface area contributed by atoms with Crippen LogP contribution in [-0.2, 0) is 9.59 Å². The average molecular weight is 366 g/mol. The standard InChI is InChI=1S/C22H26N2O3/c1-3-16(17-8-5-4-6-9-17)14-23-22(26)18-12-21(25)24(15-18)19-10-7-11-20(13-19)27-2/h4-11,13,16,18H,3,12,14-15H2,1-2H3,(H,23,26). The van der Waals surface area contributed by atoms with Crippen LogP contribution in [0.1, 0.15) is 31.2 Å². The van der Waals surface area contributed by atoms with Gasteiger partial charge in [-0.1, -0.05) is 43.3 Å². The molecular formula is C22H26N2O3. The highest BCUT2D eigenvalue weighted by atomic mass is 16.5. The van der Waals surface area contributed by atoms with Gasteiger partial charge in [0.2, 0.25) is 11.8 Å². The Labute approximate surface area is 160 Å². The highest BCUT2D eigenvalue weighted by Gasteiger charge is 2.35. The first-order valence-electron chi connectivity index (χ1n) is 9.39. The normalized spacial score (nSPS) is 17.6. The average Bonchev–Trinajstić information content (AvgIpc) is 3.11. The monoisotopic (exact) mass is 366 g/mol. The number of ether oxygens (including phenoxy) is 1. The smallest absolute Gasteiger partial charge is 0.227 e. The number of nitrogens with zero attached hydrogens (tertiary/aromatic N) is 1. The van der Waals surface area contributed by atoms with Crippen LogP contribution in [0.3, 0.4) is 0 Å². The molecule has 1 fully saturated rings. The summed E-state index contributed by atoms with van der Waals surface area (Å²) >= 11 is 0.